The Morgan fingerprint density at radius 1 is 0.979 bits per heavy atom. The molecule has 2 N–H and O–H groups in total. The zero-order chi connectivity index (χ0) is 32.9. The summed E-state index contributed by atoms with van der Waals surface area (Å²) in [4.78, 5) is 14.8. The Kier molecular flexibility index (Phi) is 6.86. The van der Waals surface area contributed by atoms with Crippen LogP contribution in [0.4, 0.5) is 4.79 Å². The number of nitrogens with one attached hydrogen (secondary N) is 1. The summed E-state index contributed by atoms with van der Waals surface area (Å²) in [5.41, 5.74) is -0.0842. The number of morpholine rings is 1. The number of hydrogen-bond donors (Lipinski definition) is 2. The van der Waals surface area contributed by atoms with Crippen molar-refractivity contribution in [1.29, 1.82) is 0 Å². The number of alkyl carbamates (subject to hydrolysis) is 1. The smallest absolute Gasteiger partial charge is 0.408 e. The van der Waals surface area contributed by atoms with Crippen LogP contribution in [-0.4, -0.2) is 97.4 Å². The van der Waals surface area contributed by atoms with E-state index in [0.29, 0.717) is 40.5 Å². The summed E-state index contributed by atoms with van der Waals surface area (Å²) in [5.74, 6) is 1.84. The van der Waals surface area contributed by atoms with Crippen molar-refractivity contribution in [1.82, 2.24) is 10.2 Å². The van der Waals surface area contributed by atoms with Gasteiger partial charge in [0.25, 0.3) is 0 Å². The largest absolute Gasteiger partial charge is 0.441 e. The molecule has 14 atom stereocenters. The molecule has 4 aliphatic heterocycles. The van der Waals surface area contributed by atoms with E-state index >= 15 is 0 Å². The molecule has 4 heterocycles. The molecule has 0 aromatic carbocycles. The lowest BCUT2D eigenvalue weighted by molar-refractivity contribution is -0.256. The lowest BCUT2D eigenvalue weighted by Crippen LogP contribution is -2.60. The molecule has 4 saturated heterocycles. The highest BCUT2D eigenvalue weighted by molar-refractivity contribution is 5.71. The summed E-state index contributed by atoms with van der Waals surface area (Å²) in [6, 6.07) is 0.308. The van der Waals surface area contributed by atoms with Crippen molar-refractivity contribution in [2.24, 2.45) is 50.7 Å². The van der Waals surface area contributed by atoms with Gasteiger partial charge in [-0.1, -0.05) is 34.6 Å². The fraction of sp³-hybridized carbons (Fsp3) is 0.974. The van der Waals surface area contributed by atoms with Crippen LogP contribution in [0, 0.1) is 50.7 Å². The van der Waals surface area contributed by atoms with Crippen molar-refractivity contribution in [3.63, 3.8) is 0 Å². The summed E-state index contributed by atoms with van der Waals surface area (Å²) in [6.45, 7) is 20.5. The second-order valence-electron chi connectivity index (χ2n) is 19.3. The lowest BCUT2D eigenvalue weighted by Gasteiger charge is -2.64. The van der Waals surface area contributed by atoms with Crippen LogP contribution in [0.1, 0.15) is 99.8 Å². The molecule has 0 aromatic heterocycles. The molecule has 9 aliphatic rings. The third-order valence-corrected chi connectivity index (χ3v) is 17.0. The van der Waals surface area contributed by atoms with Gasteiger partial charge in [0.1, 0.15) is 5.60 Å². The average molecular weight is 657 g/mol. The first kappa shape index (κ1) is 32.0. The monoisotopic (exact) mass is 656 g/mol. The van der Waals surface area contributed by atoms with E-state index in [0.717, 1.165) is 52.2 Å². The average Bonchev–Trinajstić information content (AvgIpc) is 3.50. The third-order valence-electron chi connectivity index (χ3n) is 17.0. The quantitative estimate of drug-likeness (QED) is 0.430. The normalized spacial score (nSPS) is 56.1. The Morgan fingerprint density at radius 2 is 1.72 bits per heavy atom. The maximum absolute atomic E-state index is 12.6. The number of carbonyl (C=O) groups excluding carboxylic acids is 1. The second kappa shape index (κ2) is 10.1. The molecule has 9 heteroatoms. The first-order valence-electron chi connectivity index (χ1n) is 19.1. The number of nitrogens with zero attached hydrogens (tertiary/aromatic N) is 1. The summed E-state index contributed by atoms with van der Waals surface area (Å²) < 4.78 is 31.2. The Labute approximate surface area is 281 Å². The van der Waals surface area contributed by atoms with Gasteiger partial charge in [0.15, 0.2) is 6.29 Å². The maximum atomic E-state index is 12.6. The van der Waals surface area contributed by atoms with Crippen molar-refractivity contribution in [2.45, 2.75) is 148 Å². The molecule has 2 unspecified atom stereocenters. The fourth-order valence-electron chi connectivity index (χ4n) is 14.6. The summed E-state index contributed by atoms with van der Waals surface area (Å²) in [7, 11) is 0. The predicted octanol–water partition coefficient (Wildman–Crippen LogP) is 5.13. The molecule has 5 saturated carbocycles. The van der Waals surface area contributed by atoms with Crippen molar-refractivity contribution in [3.05, 3.63) is 0 Å². The van der Waals surface area contributed by atoms with Crippen LogP contribution < -0.4 is 5.32 Å². The summed E-state index contributed by atoms with van der Waals surface area (Å²) >= 11 is 0. The minimum atomic E-state index is -0.634. The van der Waals surface area contributed by atoms with Gasteiger partial charge in [0.2, 0.25) is 0 Å². The number of ether oxygens (including phenoxy) is 5. The van der Waals surface area contributed by atoms with Gasteiger partial charge in [-0.25, -0.2) is 4.79 Å². The number of fused-ring (bicyclic) bond motifs is 4. The molecular weight excluding hydrogens is 596 g/mol. The molecular formula is C38H60N2O7. The van der Waals surface area contributed by atoms with Crippen molar-refractivity contribution >= 4 is 6.09 Å². The fourth-order valence-corrected chi connectivity index (χ4v) is 14.6. The Morgan fingerprint density at radius 3 is 2.43 bits per heavy atom. The Balaban J connectivity index is 0.956. The van der Waals surface area contributed by atoms with Crippen LogP contribution in [0.2, 0.25) is 0 Å². The van der Waals surface area contributed by atoms with Gasteiger partial charge in [0, 0.05) is 12.0 Å². The first-order chi connectivity index (χ1) is 22.2. The Hall–Kier alpha value is -0.970. The molecule has 9 nitrogen and oxygen atoms in total. The molecule has 0 bridgehead atoms. The summed E-state index contributed by atoms with van der Waals surface area (Å²) in [5, 5.41) is 15.6. The minimum absolute atomic E-state index is 0.0183. The molecule has 5 aliphatic carbocycles. The van der Waals surface area contributed by atoms with E-state index < -0.39 is 11.7 Å². The first-order valence-corrected chi connectivity index (χ1v) is 19.1. The van der Waals surface area contributed by atoms with Crippen LogP contribution in [-0.2, 0) is 23.7 Å². The molecule has 1 amide bonds. The van der Waals surface area contributed by atoms with E-state index in [-0.39, 0.29) is 53.0 Å². The molecule has 2 spiro atoms. The van der Waals surface area contributed by atoms with E-state index in [9.17, 15) is 9.90 Å². The second-order valence-corrected chi connectivity index (χ2v) is 19.3. The van der Waals surface area contributed by atoms with E-state index in [4.69, 9.17) is 23.7 Å². The van der Waals surface area contributed by atoms with E-state index in [1.165, 1.54) is 32.1 Å². The van der Waals surface area contributed by atoms with Crippen molar-refractivity contribution in [2.75, 3.05) is 32.9 Å². The highest BCUT2D eigenvalue weighted by Gasteiger charge is 2.84. The van der Waals surface area contributed by atoms with Crippen LogP contribution >= 0.6 is 0 Å². The van der Waals surface area contributed by atoms with Gasteiger partial charge in [0.05, 0.1) is 62.9 Å². The van der Waals surface area contributed by atoms with Gasteiger partial charge in [-0.2, -0.15) is 0 Å². The third kappa shape index (κ3) is 4.02. The molecule has 0 radical (unpaired) electrons. The topological polar surface area (TPSA) is 98.7 Å². The van der Waals surface area contributed by atoms with Gasteiger partial charge >= 0.3 is 6.09 Å². The van der Waals surface area contributed by atoms with Crippen molar-refractivity contribution < 1.29 is 33.6 Å². The summed E-state index contributed by atoms with van der Waals surface area (Å²) in [6.07, 6.45) is 8.15. The van der Waals surface area contributed by atoms with E-state index in [2.05, 4.69) is 44.8 Å². The highest BCUT2D eigenvalue weighted by atomic mass is 16.7. The molecule has 9 rings (SSSR count). The molecule has 47 heavy (non-hydrogen) atoms. The highest BCUT2D eigenvalue weighted by Crippen LogP contribution is 2.89. The number of cyclic esters (lactones) is 1. The minimum Gasteiger partial charge on any atom is -0.441 e. The zero-order valence-electron chi connectivity index (χ0n) is 29.9. The number of rotatable bonds is 4. The maximum Gasteiger partial charge on any atom is 0.408 e. The number of carbonyl (C=O) groups is 1. The van der Waals surface area contributed by atoms with E-state index in [1.54, 1.807) is 0 Å². The Bertz CT molecular complexity index is 1300. The van der Waals surface area contributed by atoms with Crippen LogP contribution in [0.15, 0.2) is 0 Å². The van der Waals surface area contributed by atoms with Crippen LogP contribution in [0.3, 0.4) is 0 Å². The van der Waals surface area contributed by atoms with E-state index in [1.807, 2.05) is 13.8 Å². The lowest BCUT2D eigenvalue weighted by atomic mass is 9.41. The number of hydrogen-bond acceptors (Lipinski definition) is 8. The number of aliphatic hydroxyl groups excluding tert-OH is 1. The van der Waals surface area contributed by atoms with Crippen LogP contribution in [0.5, 0.6) is 0 Å². The standard InChI is InChI=1S/C38H60N2O7/c1-21-16-23(30-34(4,5)47-32(42)39-30)45-29-28(21)35(6)12-13-38-20-37(38)11-10-26(46-27-17-40(14-15-44-27)22-18-43-19-22)33(2,3)24(37)8-9-25(38)36(35,7)31(29)41/h21-31,41H,8-20H2,1-7H3,(H,39,42)/t21-,23-,24+,25+,26?,27?,28+,29+,30+,31+,35-,36-,37-,38+/m1/s1. The zero-order valence-corrected chi connectivity index (χ0v) is 29.9. The number of aliphatic hydroxyl groups is 1. The van der Waals surface area contributed by atoms with Gasteiger partial charge in [-0.3, -0.25) is 4.90 Å². The van der Waals surface area contributed by atoms with Crippen molar-refractivity contribution in [3.8, 4) is 0 Å². The molecule has 264 valence electrons. The SMILES string of the molecule is C[C@@H]1C[C@H]([C@@H]2NC(=O)OC2(C)C)O[C@H]2[C@H]1[C@@]1(C)CC[C@@]34C[C@@]35CCC(OC3CN(C6COC6)CCO3)C(C)(C)[C@@H]5CC[C@H]4[C@]1(C)[C@H]2O. The number of amides is 1. The van der Waals surface area contributed by atoms with Crippen LogP contribution in [0.25, 0.3) is 0 Å². The predicted molar refractivity (Wildman–Crippen MR) is 174 cm³/mol. The van der Waals surface area contributed by atoms with Gasteiger partial charge in [-0.05, 0) is 111 Å². The molecule has 0 aromatic rings. The molecule has 9 fully saturated rings. The van der Waals surface area contributed by atoms with Gasteiger partial charge < -0.3 is 34.1 Å². The van der Waals surface area contributed by atoms with Gasteiger partial charge in [-0.15, -0.1) is 0 Å².